The second-order valence-corrected chi connectivity index (χ2v) is 13.2. The molecule has 1 unspecified atom stereocenters. The lowest BCUT2D eigenvalue weighted by atomic mass is 10.1. The molecule has 0 spiro atoms. The van der Waals surface area contributed by atoms with E-state index >= 15 is 0 Å². The molecule has 6 nitrogen and oxygen atoms in total. The monoisotopic (exact) mass is 687 g/mol. The molecule has 0 aliphatic rings. The van der Waals surface area contributed by atoms with Crippen molar-refractivity contribution in [1.29, 1.82) is 0 Å². The van der Waals surface area contributed by atoms with Crippen molar-refractivity contribution in [2.75, 3.05) is 13.2 Å². The maximum Gasteiger partial charge on any atom is 0.306 e. The van der Waals surface area contributed by atoms with E-state index in [-0.39, 0.29) is 31.1 Å². The first kappa shape index (κ1) is 46.4. The highest BCUT2D eigenvalue weighted by Crippen LogP contribution is 2.12. The summed E-state index contributed by atoms with van der Waals surface area (Å²) in [5.41, 5.74) is 0. The summed E-state index contributed by atoms with van der Waals surface area (Å²) < 4.78 is 16.5. The molecule has 0 saturated carbocycles. The van der Waals surface area contributed by atoms with Crippen molar-refractivity contribution in [2.24, 2.45) is 0 Å². The maximum absolute atomic E-state index is 12.6. The van der Waals surface area contributed by atoms with Gasteiger partial charge in [-0.15, -0.1) is 0 Å². The van der Waals surface area contributed by atoms with Crippen molar-refractivity contribution >= 4 is 17.9 Å². The number of esters is 3. The fraction of sp³-hybridized carbons (Fsp3) is 0.744. The van der Waals surface area contributed by atoms with Crippen molar-refractivity contribution in [3.8, 4) is 0 Å². The minimum atomic E-state index is -0.782. The Labute approximate surface area is 301 Å². The smallest absolute Gasteiger partial charge is 0.306 e. The zero-order chi connectivity index (χ0) is 35.9. The number of rotatable bonds is 35. The van der Waals surface area contributed by atoms with Gasteiger partial charge in [0.1, 0.15) is 13.2 Å². The highest BCUT2D eigenvalue weighted by Gasteiger charge is 2.19. The molecule has 0 bridgehead atoms. The first-order valence-electron chi connectivity index (χ1n) is 20.1. The van der Waals surface area contributed by atoms with Gasteiger partial charge < -0.3 is 14.2 Å². The van der Waals surface area contributed by atoms with Gasteiger partial charge in [0.25, 0.3) is 0 Å². The van der Waals surface area contributed by atoms with Crippen LogP contribution in [0.3, 0.4) is 0 Å². The first-order chi connectivity index (χ1) is 24.0. The van der Waals surface area contributed by atoms with Gasteiger partial charge in [-0.2, -0.15) is 0 Å². The molecule has 0 saturated heterocycles. The predicted molar refractivity (Wildman–Crippen MR) is 205 cm³/mol. The topological polar surface area (TPSA) is 78.9 Å². The third-order valence-corrected chi connectivity index (χ3v) is 8.32. The average molecular weight is 687 g/mol. The fourth-order valence-corrected chi connectivity index (χ4v) is 5.27. The molecule has 0 aromatic heterocycles. The van der Waals surface area contributed by atoms with Crippen LogP contribution >= 0.6 is 0 Å². The van der Waals surface area contributed by atoms with Gasteiger partial charge in [-0.05, 0) is 77.0 Å². The van der Waals surface area contributed by atoms with Gasteiger partial charge in [0, 0.05) is 19.3 Å². The van der Waals surface area contributed by atoms with Gasteiger partial charge in [0.05, 0.1) is 0 Å². The van der Waals surface area contributed by atoms with Crippen molar-refractivity contribution in [2.45, 2.75) is 194 Å². The molecule has 0 rings (SSSR count). The molecule has 6 heteroatoms. The summed E-state index contributed by atoms with van der Waals surface area (Å²) >= 11 is 0. The maximum atomic E-state index is 12.6. The minimum Gasteiger partial charge on any atom is -0.462 e. The molecular formula is C43H74O6. The number of allylic oxidation sites excluding steroid dienone is 8. The standard InChI is InChI=1S/C43H74O6/c1-4-7-10-13-16-18-20-22-24-25-27-30-33-36-42(45)48-39-40(38-47-41(44)35-32-29-15-12-9-6-3)49-43(46)37-34-31-28-26-23-21-19-17-14-11-8-5-2/h7,10,16-19,22,24,40H,4-6,8-9,11-15,20-21,23,25-39H2,1-3H3/b10-7-,18-16-,19-17-,24-22-. The molecule has 282 valence electrons. The minimum absolute atomic E-state index is 0.0867. The van der Waals surface area contributed by atoms with E-state index in [9.17, 15) is 14.4 Å². The van der Waals surface area contributed by atoms with Crippen LogP contribution in [0.15, 0.2) is 48.6 Å². The van der Waals surface area contributed by atoms with Crippen LogP contribution in [-0.2, 0) is 28.6 Å². The highest BCUT2D eigenvalue weighted by molar-refractivity contribution is 5.71. The van der Waals surface area contributed by atoms with Crippen LogP contribution in [0.1, 0.15) is 188 Å². The third kappa shape index (κ3) is 36.5. The van der Waals surface area contributed by atoms with Crippen LogP contribution < -0.4 is 0 Å². The van der Waals surface area contributed by atoms with Gasteiger partial charge >= 0.3 is 17.9 Å². The molecular weight excluding hydrogens is 612 g/mol. The summed E-state index contributed by atoms with van der Waals surface area (Å²) in [6.07, 6.45) is 42.5. The van der Waals surface area contributed by atoms with Gasteiger partial charge in [0.2, 0.25) is 0 Å². The Hall–Kier alpha value is -2.63. The summed E-state index contributed by atoms with van der Waals surface area (Å²) in [5.74, 6) is -0.944. The Morgan fingerprint density at radius 1 is 0.429 bits per heavy atom. The van der Waals surface area contributed by atoms with Crippen LogP contribution in [0, 0.1) is 0 Å². The molecule has 0 radical (unpaired) electrons. The quantitative estimate of drug-likeness (QED) is 0.0286. The van der Waals surface area contributed by atoms with Crippen LogP contribution in [0.25, 0.3) is 0 Å². The van der Waals surface area contributed by atoms with Crippen LogP contribution in [0.4, 0.5) is 0 Å². The molecule has 0 N–H and O–H groups in total. The number of ether oxygens (including phenoxy) is 3. The predicted octanol–water partition coefficient (Wildman–Crippen LogP) is 12.4. The second kappa shape index (κ2) is 38.2. The van der Waals surface area contributed by atoms with E-state index in [1.54, 1.807) is 0 Å². The molecule has 0 aliphatic carbocycles. The number of carbonyl (C=O) groups is 3. The van der Waals surface area contributed by atoms with Crippen molar-refractivity contribution < 1.29 is 28.6 Å². The van der Waals surface area contributed by atoms with Crippen molar-refractivity contribution in [3.63, 3.8) is 0 Å². The number of unbranched alkanes of at least 4 members (excludes halogenated alkanes) is 16. The van der Waals surface area contributed by atoms with E-state index in [2.05, 4.69) is 69.4 Å². The van der Waals surface area contributed by atoms with Gasteiger partial charge in [-0.3, -0.25) is 14.4 Å². The second-order valence-electron chi connectivity index (χ2n) is 13.2. The van der Waals surface area contributed by atoms with Gasteiger partial charge in [0.15, 0.2) is 6.10 Å². The zero-order valence-corrected chi connectivity index (χ0v) is 31.9. The summed E-state index contributed by atoms with van der Waals surface area (Å²) in [6.45, 7) is 6.37. The molecule has 0 heterocycles. The van der Waals surface area contributed by atoms with E-state index in [0.29, 0.717) is 19.3 Å². The Kier molecular flexibility index (Phi) is 36.1. The SMILES string of the molecule is CC/C=C\C/C=C\C/C=C\CCCCCC(=O)OCC(COC(=O)CCCCCCCC)OC(=O)CCCCCCC/C=C\CCCCC. The molecule has 0 fully saturated rings. The summed E-state index contributed by atoms with van der Waals surface area (Å²) in [7, 11) is 0. The Balaban J connectivity index is 4.39. The lowest BCUT2D eigenvalue weighted by molar-refractivity contribution is -0.167. The van der Waals surface area contributed by atoms with Crippen LogP contribution in [0.2, 0.25) is 0 Å². The average Bonchev–Trinajstić information content (AvgIpc) is 3.10. The summed E-state index contributed by atoms with van der Waals surface area (Å²) in [6, 6.07) is 0. The lowest BCUT2D eigenvalue weighted by Crippen LogP contribution is -2.30. The van der Waals surface area contributed by atoms with Crippen molar-refractivity contribution in [1.82, 2.24) is 0 Å². The van der Waals surface area contributed by atoms with E-state index in [1.807, 2.05) is 0 Å². The number of hydrogen-bond donors (Lipinski definition) is 0. The summed E-state index contributed by atoms with van der Waals surface area (Å²) in [4.78, 5) is 37.3. The van der Waals surface area contributed by atoms with Crippen LogP contribution in [-0.4, -0.2) is 37.2 Å². The molecule has 0 aromatic carbocycles. The normalized spacial score (nSPS) is 12.5. The Morgan fingerprint density at radius 2 is 0.796 bits per heavy atom. The molecule has 1 atom stereocenters. The third-order valence-electron chi connectivity index (χ3n) is 8.32. The summed E-state index contributed by atoms with van der Waals surface area (Å²) in [5, 5.41) is 0. The Morgan fingerprint density at radius 3 is 1.33 bits per heavy atom. The largest absolute Gasteiger partial charge is 0.462 e. The van der Waals surface area contributed by atoms with E-state index < -0.39 is 6.10 Å². The highest BCUT2D eigenvalue weighted by atomic mass is 16.6. The van der Waals surface area contributed by atoms with E-state index in [0.717, 1.165) is 96.3 Å². The lowest BCUT2D eigenvalue weighted by Gasteiger charge is -2.18. The van der Waals surface area contributed by atoms with E-state index in [4.69, 9.17) is 14.2 Å². The van der Waals surface area contributed by atoms with Crippen LogP contribution in [0.5, 0.6) is 0 Å². The number of carbonyl (C=O) groups excluding carboxylic acids is 3. The van der Waals surface area contributed by atoms with Gasteiger partial charge in [-0.1, -0.05) is 140 Å². The first-order valence-corrected chi connectivity index (χ1v) is 20.1. The molecule has 49 heavy (non-hydrogen) atoms. The fourth-order valence-electron chi connectivity index (χ4n) is 5.27. The molecule has 0 aromatic rings. The zero-order valence-electron chi connectivity index (χ0n) is 31.9. The van der Waals surface area contributed by atoms with Crippen molar-refractivity contribution in [3.05, 3.63) is 48.6 Å². The molecule has 0 aliphatic heterocycles. The molecule has 0 amide bonds. The Bertz CT molecular complexity index is 887. The van der Waals surface area contributed by atoms with E-state index in [1.165, 1.54) is 51.4 Å². The number of hydrogen-bond acceptors (Lipinski definition) is 6. The van der Waals surface area contributed by atoms with Gasteiger partial charge in [-0.25, -0.2) is 0 Å².